The van der Waals surface area contributed by atoms with Crippen LogP contribution in [0.15, 0.2) is 18.3 Å². The van der Waals surface area contributed by atoms with E-state index in [9.17, 15) is 0 Å². The molecule has 0 aromatic carbocycles. The summed E-state index contributed by atoms with van der Waals surface area (Å²) in [7, 11) is 0. The third-order valence-electron chi connectivity index (χ3n) is 3.41. The first-order chi connectivity index (χ1) is 7.77. The molecule has 1 N–H and O–H groups in total. The molecule has 1 aliphatic rings. The van der Waals surface area contributed by atoms with Gasteiger partial charge in [0, 0.05) is 44.1 Å². The third kappa shape index (κ3) is 2.80. The van der Waals surface area contributed by atoms with E-state index in [1.165, 1.54) is 24.3 Å². The minimum atomic E-state index is 0.616. The summed E-state index contributed by atoms with van der Waals surface area (Å²) >= 11 is 0. The molecule has 16 heavy (non-hydrogen) atoms. The molecule has 88 valence electrons. The first kappa shape index (κ1) is 11.6. The molecule has 1 aromatic rings. The van der Waals surface area contributed by atoms with E-state index < -0.39 is 0 Å². The van der Waals surface area contributed by atoms with Gasteiger partial charge in [-0.1, -0.05) is 6.07 Å². The fourth-order valence-corrected chi connectivity index (χ4v) is 2.30. The molecule has 0 bridgehead atoms. The van der Waals surface area contributed by atoms with Crippen molar-refractivity contribution < 1.29 is 0 Å². The van der Waals surface area contributed by atoms with Gasteiger partial charge in [0.1, 0.15) is 0 Å². The van der Waals surface area contributed by atoms with Crippen LogP contribution in [-0.2, 0) is 6.42 Å². The van der Waals surface area contributed by atoms with Crippen LogP contribution in [0.4, 0.5) is 0 Å². The summed E-state index contributed by atoms with van der Waals surface area (Å²) in [4.78, 5) is 6.90. The number of hydrogen-bond donors (Lipinski definition) is 1. The van der Waals surface area contributed by atoms with Crippen molar-refractivity contribution in [2.75, 3.05) is 26.2 Å². The molecule has 1 fully saturated rings. The van der Waals surface area contributed by atoms with Crippen molar-refractivity contribution in [1.29, 1.82) is 0 Å². The second-order valence-electron chi connectivity index (χ2n) is 4.59. The topological polar surface area (TPSA) is 28.2 Å². The Morgan fingerprint density at radius 1 is 1.44 bits per heavy atom. The summed E-state index contributed by atoms with van der Waals surface area (Å²) in [5.41, 5.74) is 2.55. The van der Waals surface area contributed by atoms with E-state index in [1.54, 1.807) is 0 Å². The summed E-state index contributed by atoms with van der Waals surface area (Å²) in [6.07, 6.45) is 2.98. The summed E-state index contributed by atoms with van der Waals surface area (Å²) in [6.45, 7) is 8.99. The van der Waals surface area contributed by atoms with Crippen LogP contribution in [0.1, 0.15) is 18.2 Å². The number of nitrogens with one attached hydrogen (secondary N) is 1. The van der Waals surface area contributed by atoms with Crippen LogP contribution in [0, 0.1) is 6.92 Å². The number of piperazine rings is 1. The smallest absolute Gasteiger partial charge is 0.0405 e. The van der Waals surface area contributed by atoms with E-state index in [1.807, 2.05) is 12.3 Å². The van der Waals surface area contributed by atoms with E-state index in [-0.39, 0.29) is 0 Å². The van der Waals surface area contributed by atoms with Crippen molar-refractivity contribution in [1.82, 2.24) is 15.2 Å². The molecular weight excluding hydrogens is 198 g/mol. The highest BCUT2D eigenvalue weighted by Crippen LogP contribution is 2.11. The Balaban J connectivity index is 1.96. The Morgan fingerprint density at radius 3 is 2.88 bits per heavy atom. The zero-order valence-electron chi connectivity index (χ0n) is 10.2. The Kier molecular flexibility index (Phi) is 3.91. The van der Waals surface area contributed by atoms with Crippen molar-refractivity contribution in [3.63, 3.8) is 0 Å². The number of nitrogens with zero attached hydrogens (tertiary/aromatic N) is 2. The Bertz CT molecular complexity index is 332. The Hall–Kier alpha value is -0.930. The molecule has 1 atom stereocenters. The fourth-order valence-electron chi connectivity index (χ4n) is 2.30. The maximum atomic E-state index is 4.35. The van der Waals surface area contributed by atoms with Crippen molar-refractivity contribution in [3.8, 4) is 0 Å². The zero-order valence-corrected chi connectivity index (χ0v) is 10.2. The van der Waals surface area contributed by atoms with Crippen LogP contribution in [0.2, 0.25) is 0 Å². The van der Waals surface area contributed by atoms with E-state index in [0.717, 1.165) is 19.5 Å². The second-order valence-corrected chi connectivity index (χ2v) is 4.59. The van der Waals surface area contributed by atoms with Crippen LogP contribution in [0.25, 0.3) is 0 Å². The molecule has 0 amide bonds. The van der Waals surface area contributed by atoms with Gasteiger partial charge in [-0.25, -0.2) is 0 Å². The third-order valence-corrected chi connectivity index (χ3v) is 3.41. The van der Waals surface area contributed by atoms with Crippen LogP contribution < -0.4 is 5.32 Å². The van der Waals surface area contributed by atoms with Gasteiger partial charge in [0.05, 0.1) is 0 Å². The Morgan fingerprint density at radius 2 is 2.19 bits per heavy atom. The number of hydrogen-bond acceptors (Lipinski definition) is 3. The predicted octanol–water partition coefficient (Wildman–Crippen LogP) is 1.23. The second kappa shape index (κ2) is 5.41. The lowest BCUT2D eigenvalue weighted by molar-refractivity contribution is 0.183. The Labute approximate surface area is 97.9 Å². The summed E-state index contributed by atoms with van der Waals surface area (Å²) in [6, 6.07) is 4.85. The summed E-state index contributed by atoms with van der Waals surface area (Å²) in [5.74, 6) is 0. The van der Waals surface area contributed by atoms with Crippen LogP contribution in [0.3, 0.4) is 0 Å². The summed E-state index contributed by atoms with van der Waals surface area (Å²) < 4.78 is 0. The van der Waals surface area contributed by atoms with Crippen molar-refractivity contribution >= 4 is 0 Å². The molecule has 2 heterocycles. The molecular formula is C13H21N3. The number of aromatic nitrogens is 1. The highest BCUT2D eigenvalue weighted by Gasteiger charge is 2.17. The lowest BCUT2D eigenvalue weighted by Crippen LogP contribution is -2.48. The maximum absolute atomic E-state index is 4.35. The average molecular weight is 219 g/mol. The molecule has 1 aromatic heterocycles. The van der Waals surface area contributed by atoms with Crippen molar-refractivity contribution in [2.24, 2.45) is 0 Å². The average Bonchev–Trinajstić information content (AvgIpc) is 2.33. The van der Waals surface area contributed by atoms with Gasteiger partial charge >= 0.3 is 0 Å². The molecule has 3 heteroatoms. The standard InChI is InChI=1S/C13H21N3/c1-11(16-8-6-14-7-9-16)10-13-4-3-5-15-12(13)2/h3-5,11,14H,6-10H2,1-2H3. The van der Waals surface area contributed by atoms with Gasteiger partial charge in [-0.15, -0.1) is 0 Å². The fraction of sp³-hybridized carbons (Fsp3) is 0.615. The van der Waals surface area contributed by atoms with Gasteiger partial charge in [0.2, 0.25) is 0 Å². The van der Waals surface area contributed by atoms with Crippen LogP contribution in [-0.4, -0.2) is 42.1 Å². The monoisotopic (exact) mass is 219 g/mol. The van der Waals surface area contributed by atoms with Crippen LogP contribution >= 0.6 is 0 Å². The molecule has 3 nitrogen and oxygen atoms in total. The largest absolute Gasteiger partial charge is 0.314 e. The molecule has 0 saturated carbocycles. The predicted molar refractivity (Wildman–Crippen MR) is 66.6 cm³/mol. The highest BCUT2D eigenvalue weighted by atomic mass is 15.2. The number of aryl methyl sites for hydroxylation is 1. The highest BCUT2D eigenvalue weighted by molar-refractivity contribution is 5.19. The lowest BCUT2D eigenvalue weighted by atomic mass is 10.0. The van der Waals surface area contributed by atoms with Gasteiger partial charge in [0.15, 0.2) is 0 Å². The first-order valence-electron chi connectivity index (χ1n) is 6.12. The van der Waals surface area contributed by atoms with E-state index >= 15 is 0 Å². The van der Waals surface area contributed by atoms with Gasteiger partial charge in [-0.05, 0) is 31.9 Å². The SMILES string of the molecule is Cc1ncccc1CC(C)N1CCNCC1. The van der Waals surface area contributed by atoms with Crippen molar-refractivity contribution in [2.45, 2.75) is 26.3 Å². The molecule has 0 aliphatic carbocycles. The van der Waals surface area contributed by atoms with E-state index in [0.29, 0.717) is 6.04 Å². The van der Waals surface area contributed by atoms with Crippen molar-refractivity contribution in [3.05, 3.63) is 29.6 Å². The quantitative estimate of drug-likeness (QED) is 0.828. The molecule has 1 unspecified atom stereocenters. The normalized spacial score (nSPS) is 19.6. The molecule has 0 spiro atoms. The maximum Gasteiger partial charge on any atom is 0.0405 e. The van der Waals surface area contributed by atoms with Crippen LogP contribution in [0.5, 0.6) is 0 Å². The van der Waals surface area contributed by atoms with Gasteiger partial charge < -0.3 is 5.32 Å². The van der Waals surface area contributed by atoms with E-state index in [4.69, 9.17) is 0 Å². The minimum Gasteiger partial charge on any atom is -0.314 e. The first-order valence-corrected chi connectivity index (χ1v) is 6.12. The zero-order chi connectivity index (χ0) is 11.4. The lowest BCUT2D eigenvalue weighted by Gasteiger charge is -2.33. The number of rotatable bonds is 3. The molecule has 2 rings (SSSR count). The van der Waals surface area contributed by atoms with Gasteiger partial charge in [-0.2, -0.15) is 0 Å². The molecule has 1 saturated heterocycles. The number of pyridine rings is 1. The minimum absolute atomic E-state index is 0.616. The van der Waals surface area contributed by atoms with Gasteiger partial charge in [0.25, 0.3) is 0 Å². The van der Waals surface area contributed by atoms with E-state index in [2.05, 4.69) is 35.1 Å². The van der Waals surface area contributed by atoms with Gasteiger partial charge in [-0.3, -0.25) is 9.88 Å². The molecule has 0 radical (unpaired) electrons. The molecule has 1 aliphatic heterocycles. The summed E-state index contributed by atoms with van der Waals surface area (Å²) in [5, 5.41) is 3.39.